The van der Waals surface area contributed by atoms with E-state index >= 15 is 0 Å². The lowest BCUT2D eigenvalue weighted by atomic mass is 9.93. The van der Waals surface area contributed by atoms with Crippen LogP contribution in [0.1, 0.15) is 25.3 Å². The maximum absolute atomic E-state index is 12.9. The molecule has 1 N–H and O–H groups in total. The second-order valence-corrected chi connectivity index (χ2v) is 6.82. The summed E-state index contributed by atoms with van der Waals surface area (Å²) < 4.78 is 0. The highest BCUT2D eigenvalue weighted by atomic mass is 32.2. The van der Waals surface area contributed by atoms with Crippen molar-refractivity contribution >= 4 is 29.5 Å². The third-order valence-electron chi connectivity index (χ3n) is 4.05. The van der Waals surface area contributed by atoms with Crippen molar-refractivity contribution in [3.63, 3.8) is 0 Å². The second-order valence-electron chi connectivity index (χ2n) is 5.76. The Kier molecular flexibility index (Phi) is 3.28. The van der Waals surface area contributed by atoms with E-state index in [4.69, 9.17) is 0 Å². The van der Waals surface area contributed by atoms with Crippen LogP contribution >= 0.6 is 11.8 Å². The highest BCUT2D eigenvalue weighted by molar-refractivity contribution is 7.99. The molecule has 1 fully saturated rings. The van der Waals surface area contributed by atoms with Crippen LogP contribution in [0.25, 0.3) is 0 Å². The Labute approximate surface area is 127 Å². The molecule has 1 aromatic rings. The molecule has 2 aliphatic rings. The average Bonchev–Trinajstić information content (AvgIpc) is 2.86. The summed E-state index contributed by atoms with van der Waals surface area (Å²) in [5.74, 6) is -0.636. The number of carbonyl (C=O) groups is 3. The van der Waals surface area contributed by atoms with Gasteiger partial charge in [0.15, 0.2) is 0 Å². The number of rotatable bonds is 1. The van der Waals surface area contributed by atoms with E-state index in [0.29, 0.717) is 5.75 Å². The van der Waals surface area contributed by atoms with Gasteiger partial charge in [-0.15, -0.1) is 11.8 Å². The van der Waals surface area contributed by atoms with Gasteiger partial charge in [0.25, 0.3) is 5.91 Å². The third-order valence-corrected chi connectivity index (χ3v) is 5.23. The molecule has 21 heavy (non-hydrogen) atoms. The summed E-state index contributed by atoms with van der Waals surface area (Å²) in [6.07, 6.45) is 0. The molecule has 1 atom stereocenters. The van der Waals surface area contributed by atoms with E-state index in [0.717, 1.165) is 10.5 Å². The molecule has 3 amide bonds. The number of piperazine rings is 1. The van der Waals surface area contributed by atoms with Crippen molar-refractivity contribution in [2.75, 3.05) is 12.3 Å². The van der Waals surface area contributed by atoms with Crippen LogP contribution in [0.3, 0.4) is 0 Å². The summed E-state index contributed by atoms with van der Waals surface area (Å²) >= 11 is 1.64. The minimum atomic E-state index is -1.01. The van der Waals surface area contributed by atoms with Crippen LogP contribution in [-0.2, 0) is 14.4 Å². The van der Waals surface area contributed by atoms with Crippen molar-refractivity contribution in [1.29, 1.82) is 0 Å². The SMILES string of the molecule is CC1(C)C(=O)NC(=O)CN1C(=O)C1CSc2ccccc21. The topological polar surface area (TPSA) is 66.5 Å². The number of hydrogen-bond donors (Lipinski definition) is 1. The quantitative estimate of drug-likeness (QED) is 0.790. The Hall–Kier alpha value is -1.82. The molecule has 0 aromatic heterocycles. The number of imide groups is 1. The van der Waals surface area contributed by atoms with Crippen LogP contribution in [0.2, 0.25) is 0 Å². The fourth-order valence-corrected chi connectivity index (χ4v) is 3.91. The van der Waals surface area contributed by atoms with Gasteiger partial charge >= 0.3 is 0 Å². The Morgan fingerprint density at radius 3 is 2.81 bits per heavy atom. The molecule has 2 heterocycles. The van der Waals surface area contributed by atoms with Gasteiger partial charge in [-0.3, -0.25) is 19.7 Å². The second kappa shape index (κ2) is 4.87. The number of fused-ring (bicyclic) bond motifs is 1. The maximum Gasteiger partial charge on any atom is 0.252 e. The van der Waals surface area contributed by atoms with E-state index in [2.05, 4.69) is 5.32 Å². The van der Waals surface area contributed by atoms with Crippen LogP contribution in [0.15, 0.2) is 29.2 Å². The lowest BCUT2D eigenvalue weighted by Crippen LogP contribution is -2.66. The summed E-state index contributed by atoms with van der Waals surface area (Å²) in [5.41, 5.74) is -0.0190. The molecule has 0 radical (unpaired) electrons. The number of nitrogens with zero attached hydrogens (tertiary/aromatic N) is 1. The Morgan fingerprint density at radius 1 is 1.33 bits per heavy atom. The van der Waals surface area contributed by atoms with Gasteiger partial charge in [-0.2, -0.15) is 0 Å². The van der Waals surface area contributed by atoms with Crippen LogP contribution in [0.5, 0.6) is 0 Å². The van der Waals surface area contributed by atoms with Crippen molar-refractivity contribution in [3.05, 3.63) is 29.8 Å². The Morgan fingerprint density at radius 2 is 2.05 bits per heavy atom. The lowest BCUT2D eigenvalue weighted by Gasteiger charge is -2.41. The average molecular weight is 304 g/mol. The molecule has 1 aromatic carbocycles. The lowest BCUT2D eigenvalue weighted by molar-refractivity contribution is -0.156. The molecular weight excluding hydrogens is 288 g/mol. The highest BCUT2D eigenvalue weighted by Gasteiger charge is 2.46. The van der Waals surface area contributed by atoms with Crippen molar-refractivity contribution in [2.24, 2.45) is 0 Å². The molecule has 0 saturated carbocycles. The first-order valence-electron chi connectivity index (χ1n) is 6.79. The van der Waals surface area contributed by atoms with Crippen molar-refractivity contribution in [1.82, 2.24) is 10.2 Å². The van der Waals surface area contributed by atoms with Gasteiger partial charge in [0.05, 0.1) is 5.92 Å². The number of amides is 3. The van der Waals surface area contributed by atoms with Crippen molar-refractivity contribution in [2.45, 2.75) is 30.2 Å². The van der Waals surface area contributed by atoms with Crippen LogP contribution in [0, 0.1) is 0 Å². The fraction of sp³-hybridized carbons (Fsp3) is 0.400. The summed E-state index contributed by atoms with van der Waals surface area (Å²) in [6.45, 7) is 3.27. The zero-order valence-corrected chi connectivity index (χ0v) is 12.7. The molecule has 6 heteroatoms. The van der Waals surface area contributed by atoms with Gasteiger partial charge in [0.1, 0.15) is 12.1 Å². The first-order valence-corrected chi connectivity index (χ1v) is 7.77. The molecule has 0 bridgehead atoms. The van der Waals surface area contributed by atoms with Gasteiger partial charge in [-0.1, -0.05) is 18.2 Å². The summed E-state index contributed by atoms with van der Waals surface area (Å²) in [4.78, 5) is 38.9. The zero-order valence-electron chi connectivity index (χ0n) is 11.9. The number of thioether (sulfide) groups is 1. The zero-order chi connectivity index (χ0) is 15.2. The number of carbonyl (C=O) groups excluding carboxylic acids is 3. The molecule has 5 nitrogen and oxygen atoms in total. The van der Waals surface area contributed by atoms with Gasteiger partial charge in [0, 0.05) is 10.6 Å². The number of nitrogens with one attached hydrogen (secondary N) is 1. The molecule has 0 aliphatic carbocycles. The minimum absolute atomic E-state index is 0.0685. The van der Waals surface area contributed by atoms with Crippen molar-refractivity contribution < 1.29 is 14.4 Å². The third kappa shape index (κ3) is 2.23. The smallest absolute Gasteiger partial charge is 0.252 e. The monoisotopic (exact) mass is 304 g/mol. The van der Waals surface area contributed by atoms with E-state index in [9.17, 15) is 14.4 Å². The van der Waals surface area contributed by atoms with Crippen molar-refractivity contribution in [3.8, 4) is 0 Å². The van der Waals surface area contributed by atoms with Gasteiger partial charge < -0.3 is 4.90 Å². The summed E-state index contributed by atoms with van der Waals surface area (Å²) in [6, 6.07) is 7.79. The molecule has 2 aliphatic heterocycles. The first kappa shape index (κ1) is 14.1. The summed E-state index contributed by atoms with van der Waals surface area (Å²) in [7, 11) is 0. The molecule has 110 valence electrons. The normalized spacial score (nSPS) is 23.7. The standard InChI is InChI=1S/C15H16N2O3S/c1-15(2)14(20)16-12(18)7-17(15)13(19)10-8-21-11-6-4-3-5-9(10)11/h3-6,10H,7-8H2,1-2H3,(H,16,18,20). The molecule has 3 rings (SSSR count). The largest absolute Gasteiger partial charge is 0.319 e. The van der Waals surface area contributed by atoms with Crippen LogP contribution in [-0.4, -0.2) is 40.5 Å². The van der Waals surface area contributed by atoms with Gasteiger partial charge in [-0.25, -0.2) is 0 Å². The molecular formula is C15H16N2O3S. The molecule has 0 spiro atoms. The maximum atomic E-state index is 12.9. The fourth-order valence-electron chi connectivity index (χ4n) is 2.69. The van der Waals surface area contributed by atoms with Crippen LogP contribution in [0.4, 0.5) is 0 Å². The Balaban J connectivity index is 1.92. The number of hydrogen-bond acceptors (Lipinski definition) is 4. The van der Waals surface area contributed by atoms with E-state index in [1.807, 2.05) is 24.3 Å². The van der Waals surface area contributed by atoms with E-state index < -0.39 is 17.4 Å². The van der Waals surface area contributed by atoms with E-state index in [1.165, 1.54) is 4.90 Å². The Bertz CT molecular complexity index is 642. The summed E-state index contributed by atoms with van der Waals surface area (Å²) in [5, 5.41) is 2.29. The van der Waals surface area contributed by atoms with Gasteiger partial charge in [-0.05, 0) is 25.5 Å². The van der Waals surface area contributed by atoms with E-state index in [-0.39, 0.29) is 18.4 Å². The highest BCUT2D eigenvalue weighted by Crippen LogP contribution is 2.41. The first-order chi connectivity index (χ1) is 9.91. The predicted molar refractivity (Wildman–Crippen MR) is 78.8 cm³/mol. The molecule has 1 saturated heterocycles. The minimum Gasteiger partial charge on any atom is -0.319 e. The van der Waals surface area contributed by atoms with Gasteiger partial charge in [0.2, 0.25) is 11.8 Å². The predicted octanol–water partition coefficient (Wildman–Crippen LogP) is 1.14. The number of benzene rings is 1. The molecule has 1 unspecified atom stereocenters. The van der Waals surface area contributed by atoms with E-state index in [1.54, 1.807) is 25.6 Å². The van der Waals surface area contributed by atoms with Crippen LogP contribution < -0.4 is 5.32 Å².